The van der Waals surface area contributed by atoms with Crippen molar-refractivity contribution in [3.8, 4) is 5.75 Å². The zero-order valence-electron chi connectivity index (χ0n) is 8.97. The first-order valence-electron chi connectivity index (χ1n) is 4.66. The molecule has 0 radical (unpaired) electrons. The summed E-state index contributed by atoms with van der Waals surface area (Å²) in [5, 5.41) is 0.702. The van der Waals surface area contributed by atoms with E-state index in [4.69, 9.17) is 37.7 Å². The minimum absolute atomic E-state index is 0.167. The maximum atomic E-state index is 10.7. The Kier molecular flexibility index (Phi) is 5.42. The third-order valence-electron chi connectivity index (χ3n) is 1.79. The normalized spacial score (nSPS) is 10.9. The molecule has 2 N–H and O–H groups in total. The van der Waals surface area contributed by atoms with Gasteiger partial charge in [0, 0.05) is 10.0 Å². The predicted octanol–water partition coefficient (Wildman–Crippen LogP) is 2.31. The first-order chi connectivity index (χ1) is 8.30. The van der Waals surface area contributed by atoms with E-state index in [0.717, 1.165) is 0 Å². The van der Waals surface area contributed by atoms with Crippen molar-refractivity contribution in [2.75, 3.05) is 12.8 Å². The van der Waals surface area contributed by atoms with Crippen LogP contribution in [0, 0.1) is 0 Å². The molecule has 8 heteroatoms. The summed E-state index contributed by atoms with van der Waals surface area (Å²) in [5.41, 5.74) is -0.167. The van der Waals surface area contributed by atoms with Gasteiger partial charge in [-0.2, -0.15) is 0 Å². The molecule has 0 atom stereocenters. The molecule has 0 aliphatic carbocycles. The summed E-state index contributed by atoms with van der Waals surface area (Å²) < 4.78 is 15.9. The van der Waals surface area contributed by atoms with E-state index in [9.17, 15) is 9.36 Å². The second-order valence-electron chi connectivity index (χ2n) is 3.42. The number of benzene rings is 1. The molecule has 0 aliphatic rings. The van der Waals surface area contributed by atoms with Crippen molar-refractivity contribution in [3.63, 3.8) is 0 Å². The molecule has 1 aromatic carbocycles. The molecule has 5 nitrogen and oxygen atoms in total. The Bertz CT molecular complexity index is 513. The molecular formula is C10H9Cl2O5P. The largest absolute Gasteiger partial charge is 0.488 e. The zero-order chi connectivity index (χ0) is 13.8. The van der Waals surface area contributed by atoms with Gasteiger partial charge in [-0.25, -0.2) is 4.79 Å². The fourth-order valence-corrected chi connectivity index (χ4v) is 2.30. The summed E-state index contributed by atoms with van der Waals surface area (Å²) in [4.78, 5) is 27.9. The molecule has 18 heavy (non-hydrogen) atoms. The standard InChI is InChI=1S/C10H9Cl2O5P/c11-8-1-9(12)3-10(2-8)17-5-7(4-13)6-18(14,15)16/h1-3H,5-6H2,(H2,14,15,16). The van der Waals surface area contributed by atoms with Crippen LogP contribution in [-0.4, -0.2) is 28.5 Å². The summed E-state index contributed by atoms with van der Waals surface area (Å²) >= 11 is 11.5. The average Bonchev–Trinajstić information content (AvgIpc) is 2.21. The Morgan fingerprint density at radius 1 is 1.28 bits per heavy atom. The van der Waals surface area contributed by atoms with E-state index < -0.39 is 13.8 Å². The smallest absolute Gasteiger partial charge is 0.330 e. The third-order valence-corrected chi connectivity index (χ3v) is 3.02. The molecule has 1 aromatic rings. The lowest BCUT2D eigenvalue weighted by Gasteiger charge is -2.08. The molecule has 98 valence electrons. The summed E-state index contributed by atoms with van der Waals surface area (Å²) in [6, 6.07) is 4.43. The molecule has 0 heterocycles. The van der Waals surface area contributed by atoms with Gasteiger partial charge in [0.05, 0.1) is 11.7 Å². The van der Waals surface area contributed by atoms with Crippen molar-refractivity contribution in [1.82, 2.24) is 0 Å². The van der Waals surface area contributed by atoms with E-state index in [1.807, 2.05) is 0 Å². The van der Waals surface area contributed by atoms with Gasteiger partial charge in [0.25, 0.3) is 0 Å². The zero-order valence-corrected chi connectivity index (χ0v) is 11.4. The van der Waals surface area contributed by atoms with Crippen molar-refractivity contribution in [1.29, 1.82) is 0 Å². The minimum Gasteiger partial charge on any atom is -0.488 e. The Hall–Kier alpha value is -0.800. The van der Waals surface area contributed by atoms with Crippen LogP contribution in [0.5, 0.6) is 5.75 Å². The minimum atomic E-state index is -4.31. The third kappa shape index (κ3) is 5.69. The van der Waals surface area contributed by atoms with Crippen LogP contribution < -0.4 is 4.74 Å². The van der Waals surface area contributed by atoms with Crippen LogP contribution in [0.15, 0.2) is 23.8 Å². The Morgan fingerprint density at radius 2 is 1.83 bits per heavy atom. The van der Waals surface area contributed by atoms with Gasteiger partial charge in [0.15, 0.2) is 0 Å². The second-order valence-corrected chi connectivity index (χ2v) is 5.94. The number of carbonyl (C=O) groups excluding carboxylic acids is 1. The van der Waals surface area contributed by atoms with E-state index in [1.54, 1.807) is 0 Å². The van der Waals surface area contributed by atoms with Gasteiger partial charge in [0.1, 0.15) is 18.3 Å². The van der Waals surface area contributed by atoms with E-state index >= 15 is 0 Å². The quantitative estimate of drug-likeness (QED) is 0.644. The van der Waals surface area contributed by atoms with Crippen molar-refractivity contribution in [2.45, 2.75) is 0 Å². The Labute approximate surface area is 113 Å². The van der Waals surface area contributed by atoms with Gasteiger partial charge in [-0.3, -0.25) is 4.57 Å². The van der Waals surface area contributed by atoms with Crippen LogP contribution in [0.1, 0.15) is 0 Å². The summed E-state index contributed by atoms with van der Waals surface area (Å²) in [7, 11) is -4.31. The first kappa shape index (κ1) is 15.3. The van der Waals surface area contributed by atoms with Crippen LogP contribution in [0.25, 0.3) is 0 Å². The lowest BCUT2D eigenvalue weighted by Crippen LogP contribution is -2.06. The topological polar surface area (TPSA) is 83.8 Å². The summed E-state index contributed by atoms with van der Waals surface area (Å²) in [6.07, 6.45) is -0.690. The maximum Gasteiger partial charge on any atom is 0.330 e. The Morgan fingerprint density at radius 3 is 2.28 bits per heavy atom. The lowest BCUT2D eigenvalue weighted by atomic mass is 10.3. The van der Waals surface area contributed by atoms with Gasteiger partial charge < -0.3 is 14.5 Å². The van der Waals surface area contributed by atoms with Crippen LogP contribution in [-0.2, 0) is 9.36 Å². The molecule has 0 fully saturated rings. The molecule has 0 unspecified atom stereocenters. The average molecular weight is 311 g/mol. The van der Waals surface area contributed by atoms with Crippen molar-refractivity contribution in [2.24, 2.45) is 0 Å². The van der Waals surface area contributed by atoms with Gasteiger partial charge in [-0.05, 0) is 18.2 Å². The molecule has 0 aliphatic heterocycles. The van der Waals surface area contributed by atoms with Crippen LogP contribution in [0.2, 0.25) is 10.0 Å². The number of hydrogen-bond donors (Lipinski definition) is 2. The first-order valence-corrected chi connectivity index (χ1v) is 7.22. The van der Waals surface area contributed by atoms with Crippen molar-refractivity contribution >= 4 is 36.7 Å². The number of ether oxygens (including phenoxy) is 1. The monoisotopic (exact) mass is 310 g/mol. The van der Waals surface area contributed by atoms with Gasteiger partial charge in [-0.15, -0.1) is 0 Å². The molecule has 0 saturated heterocycles. The highest BCUT2D eigenvalue weighted by Gasteiger charge is 2.17. The summed E-state index contributed by atoms with van der Waals surface area (Å²) in [6.45, 7) is -0.286. The SMILES string of the molecule is O=C=C(COc1cc(Cl)cc(Cl)c1)CP(=O)(O)O. The molecule has 0 saturated carbocycles. The van der Waals surface area contributed by atoms with Gasteiger partial charge >= 0.3 is 7.60 Å². The molecule has 0 aromatic heterocycles. The molecule has 0 bridgehead atoms. The number of halogens is 2. The van der Waals surface area contributed by atoms with Gasteiger partial charge in [-0.1, -0.05) is 23.2 Å². The number of rotatable bonds is 5. The highest BCUT2D eigenvalue weighted by Crippen LogP contribution is 2.36. The lowest BCUT2D eigenvalue weighted by molar-refractivity contribution is 0.344. The fourth-order valence-electron chi connectivity index (χ4n) is 1.14. The highest BCUT2D eigenvalue weighted by atomic mass is 35.5. The van der Waals surface area contributed by atoms with Crippen molar-refractivity contribution < 1.29 is 23.9 Å². The fraction of sp³-hybridized carbons (Fsp3) is 0.200. The molecular weight excluding hydrogens is 302 g/mol. The summed E-state index contributed by atoms with van der Waals surface area (Å²) in [5.74, 6) is 1.74. The second kappa shape index (κ2) is 6.39. The van der Waals surface area contributed by atoms with Crippen LogP contribution in [0.3, 0.4) is 0 Å². The van der Waals surface area contributed by atoms with Crippen LogP contribution >= 0.6 is 30.8 Å². The maximum absolute atomic E-state index is 10.7. The van der Waals surface area contributed by atoms with Crippen molar-refractivity contribution in [3.05, 3.63) is 33.8 Å². The Balaban J connectivity index is 2.69. The highest BCUT2D eigenvalue weighted by molar-refractivity contribution is 7.52. The molecule has 0 amide bonds. The van der Waals surface area contributed by atoms with E-state index in [-0.39, 0.29) is 12.2 Å². The number of hydrogen-bond acceptors (Lipinski definition) is 3. The van der Waals surface area contributed by atoms with E-state index in [0.29, 0.717) is 15.8 Å². The predicted molar refractivity (Wildman–Crippen MR) is 68.1 cm³/mol. The van der Waals surface area contributed by atoms with E-state index in [2.05, 4.69) is 0 Å². The molecule has 0 spiro atoms. The van der Waals surface area contributed by atoms with Gasteiger partial charge in [0.2, 0.25) is 0 Å². The van der Waals surface area contributed by atoms with E-state index in [1.165, 1.54) is 24.1 Å². The van der Waals surface area contributed by atoms with Crippen LogP contribution in [0.4, 0.5) is 0 Å². The molecule has 1 rings (SSSR count).